The minimum atomic E-state index is -3.67. The summed E-state index contributed by atoms with van der Waals surface area (Å²) in [5.74, 6) is -0.397. The zero-order valence-electron chi connectivity index (χ0n) is 13.4. The quantitative estimate of drug-likeness (QED) is 0.791. The molecule has 0 saturated heterocycles. The lowest BCUT2D eigenvalue weighted by molar-refractivity contribution is 0.102. The fraction of sp³-hybridized carbons (Fsp3) is 0.250. The summed E-state index contributed by atoms with van der Waals surface area (Å²) >= 11 is 3.26. The third-order valence-electron chi connectivity index (χ3n) is 3.44. The Kier molecular flexibility index (Phi) is 6.09. The number of aromatic nitrogens is 1. The van der Waals surface area contributed by atoms with Gasteiger partial charge in [0.1, 0.15) is 0 Å². The van der Waals surface area contributed by atoms with Crippen LogP contribution in [0.5, 0.6) is 0 Å². The fourth-order valence-corrected chi connectivity index (χ4v) is 4.59. The topological polar surface area (TPSA) is 79.4 Å². The summed E-state index contributed by atoms with van der Waals surface area (Å²) in [5.41, 5.74) is 0.798. The molecule has 1 amide bonds. The molecular formula is C16H18BrN3O3S. The first kappa shape index (κ1) is 18.6. The molecule has 0 unspecified atom stereocenters. The molecule has 0 aliphatic rings. The van der Waals surface area contributed by atoms with Crippen LogP contribution in [0.15, 0.2) is 52.1 Å². The lowest BCUT2D eigenvalue weighted by atomic mass is 10.2. The van der Waals surface area contributed by atoms with Crippen LogP contribution in [0.25, 0.3) is 0 Å². The van der Waals surface area contributed by atoms with E-state index >= 15 is 0 Å². The number of pyridine rings is 1. The maximum absolute atomic E-state index is 12.7. The van der Waals surface area contributed by atoms with Crippen LogP contribution < -0.4 is 5.32 Å². The van der Waals surface area contributed by atoms with Crippen molar-refractivity contribution in [3.8, 4) is 0 Å². The number of hydrogen-bond donors (Lipinski definition) is 1. The van der Waals surface area contributed by atoms with Gasteiger partial charge in [-0.25, -0.2) is 8.42 Å². The van der Waals surface area contributed by atoms with Crippen LogP contribution in [0.4, 0.5) is 5.69 Å². The first-order valence-corrected chi connectivity index (χ1v) is 9.64. The lowest BCUT2D eigenvalue weighted by Crippen LogP contribution is -2.31. The first-order valence-electron chi connectivity index (χ1n) is 7.41. The van der Waals surface area contributed by atoms with Gasteiger partial charge in [-0.15, -0.1) is 0 Å². The normalized spacial score (nSPS) is 11.5. The lowest BCUT2D eigenvalue weighted by Gasteiger charge is -2.19. The van der Waals surface area contributed by atoms with Crippen molar-refractivity contribution in [1.82, 2.24) is 9.29 Å². The summed E-state index contributed by atoms with van der Waals surface area (Å²) in [6.07, 6.45) is 3.12. The number of benzene rings is 1. The van der Waals surface area contributed by atoms with Gasteiger partial charge in [0.15, 0.2) is 0 Å². The highest BCUT2D eigenvalue weighted by Crippen LogP contribution is 2.26. The van der Waals surface area contributed by atoms with Gasteiger partial charge in [0, 0.05) is 29.3 Å². The van der Waals surface area contributed by atoms with E-state index in [1.54, 1.807) is 44.3 Å². The van der Waals surface area contributed by atoms with E-state index < -0.39 is 15.9 Å². The van der Waals surface area contributed by atoms with E-state index in [2.05, 4.69) is 26.2 Å². The van der Waals surface area contributed by atoms with Crippen LogP contribution in [-0.2, 0) is 10.0 Å². The van der Waals surface area contributed by atoms with Gasteiger partial charge in [-0.2, -0.15) is 4.31 Å². The Hall–Kier alpha value is -1.77. The van der Waals surface area contributed by atoms with Crippen molar-refractivity contribution in [3.05, 3.63) is 52.8 Å². The molecule has 6 nitrogen and oxygen atoms in total. The number of nitrogens with zero attached hydrogens (tertiary/aromatic N) is 2. The van der Waals surface area contributed by atoms with Crippen LogP contribution >= 0.6 is 15.9 Å². The maximum Gasteiger partial charge on any atom is 0.255 e. The number of carbonyl (C=O) groups is 1. The zero-order chi connectivity index (χ0) is 17.7. The molecule has 0 atom stereocenters. The standard InChI is InChI=1S/C16H18BrN3O3S/c1-3-20(4-2)24(22,23)15-10-12(7-8-14(15)17)16(21)19-13-6-5-9-18-11-13/h5-11H,3-4H2,1-2H3,(H,19,21). The zero-order valence-corrected chi connectivity index (χ0v) is 15.8. The highest BCUT2D eigenvalue weighted by Gasteiger charge is 2.25. The predicted octanol–water partition coefficient (Wildman–Crippen LogP) is 3.13. The van der Waals surface area contributed by atoms with Gasteiger partial charge in [0.25, 0.3) is 5.91 Å². The van der Waals surface area contributed by atoms with E-state index in [1.165, 1.54) is 16.6 Å². The van der Waals surface area contributed by atoms with Crippen LogP contribution in [-0.4, -0.2) is 36.7 Å². The Morgan fingerprint density at radius 2 is 1.96 bits per heavy atom. The van der Waals surface area contributed by atoms with Crippen molar-refractivity contribution in [3.63, 3.8) is 0 Å². The van der Waals surface area contributed by atoms with Crippen molar-refractivity contribution in [2.45, 2.75) is 18.7 Å². The summed E-state index contributed by atoms with van der Waals surface area (Å²) in [4.78, 5) is 16.3. The van der Waals surface area contributed by atoms with E-state index in [4.69, 9.17) is 0 Å². The van der Waals surface area contributed by atoms with E-state index in [0.29, 0.717) is 23.2 Å². The molecule has 8 heteroatoms. The molecule has 24 heavy (non-hydrogen) atoms. The Balaban J connectivity index is 2.36. The number of nitrogens with one attached hydrogen (secondary N) is 1. The third-order valence-corrected chi connectivity index (χ3v) is 6.48. The Labute approximate surface area is 150 Å². The van der Waals surface area contributed by atoms with Gasteiger partial charge in [-0.3, -0.25) is 9.78 Å². The minimum Gasteiger partial charge on any atom is -0.321 e. The molecule has 0 aliphatic heterocycles. The molecule has 128 valence electrons. The SMILES string of the molecule is CCN(CC)S(=O)(=O)c1cc(C(=O)Nc2cccnc2)ccc1Br. The molecule has 0 spiro atoms. The van der Waals surface area contributed by atoms with Crippen LogP contribution in [0.3, 0.4) is 0 Å². The van der Waals surface area contributed by atoms with Crippen molar-refractivity contribution >= 4 is 37.5 Å². The number of carbonyl (C=O) groups excluding carboxylic acids is 1. The highest BCUT2D eigenvalue weighted by molar-refractivity contribution is 9.10. The minimum absolute atomic E-state index is 0.0741. The Bertz CT molecular complexity index is 822. The van der Waals surface area contributed by atoms with E-state index in [0.717, 1.165) is 0 Å². The molecule has 2 aromatic rings. The van der Waals surface area contributed by atoms with E-state index in [-0.39, 0.29) is 10.5 Å². The number of hydrogen-bond acceptors (Lipinski definition) is 4. The number of sulfonamides is 1. The molecule has 0 saturated carbocycles. The molecule has 0 aliphatic carbocycles. The van der Waals surface area contributed by atoms with Gasteiger partial charge in [-0.05, 0) is 46.3 Å². The smallest absolute Gasteiger partial charge is 0.255 e. The highest BCUT2D eigenvalue weighted by atomic mass is 79.9. The Morgan fingerprint density at radius 1 is 1.25 bits per heavy atom. The average molecular weight is 412 g/mol. The number of rotatable bonds is 6. The molecule has 1 aromatic carbocycles. The summed E-state index contributed by atoms with van der Waals surface area (Å²) in [6, 6.07) is 7.92. The monoisotopic (exact) mass is 411 g/mol. The summed E-state index contributed by atoms with van der Waals surface area (Å²) in [5, 5.41) is 2.69. The molecule has 0 radical (unpaired) electrons. The van der Waals surface area contributed by atoms with E-state index in [1.807, 2.05) is 0 Å². The predicted molar refractivity (Wildman–Crippen MR) is 96.4 cm³/mol. The molecule has 1 heterocycles. The second-order valence-corrected chi connectivity index (χ2v) is 7.69. The van der Waals surface area contributed by atoms with Gasteiger partial charge in [-0.1, -0.05) is 13.8 Å². The summed E-state index contributed by atoms with van der Waals surface area (Å²) in [7, 11) is -3.67. The first-order chi connectivity index (χ1) is 11.4. The average Bonchev–Trinajstić information content (AvgIpc) is 2.56. The fourth-order valence-electron chi connectivity index (χ4n) is 2.18. The van der Waals surface area contributed by atoms with Gasteiger partial charge >= 0.3 is 0 Å². The van der Waals surface area contributed by atoms with Crippen molar-refractivity contribution in [1.29, 1.82) is 0 Å². The van der Waals surface area contributed by atoms with Crippen molar-refractivity contribution < 1.29 is 13.2 Å². The summed E-state index contributed by atoms with van der Waals surface area (Å²) in [6.45, 7) is 4.26. The molecule has 1 N–H and O–H groups in total. The number of halogens is 1. The van der Waals surface area contributed by atoms with Crippen LogP contribution in [0.2, 0.25) is 0 Å². The molecular weight excluding hydrogens is 394 g/mol. The summed E-state index contributed by atoms with van der Waals surface area (Å²) < 4.78 is 27.2. The second kappa shape index (κ2) is 7.87. The largest absolute Gasteiger partial charge is 0.321 e. The van der Waals surface area contributed by atoms with Crippen molar-refractivity contribution in [2.24, 2.45) is 0 Å². The molecule has 1 aromatic heterocycles. The van der Waals surface area contributed by atoms with E-state index in [9.17, 15) is 13.2 Å². The number of anilines is 1. The molecule has 0 bridgehead atoms. The molecule has 0 fully saturated rings. The van der Waals surface area contributed by atoms with Gasteiger partial charge in [0.2, 0.25) is 10.0 Å². The van der Waals surface area contributed by atoms with Crippen LogP contribution in [0.1, 0.15) is 24.2 Å². The Morgan fingerprint density at radius 3 is 2.54 bits per heavy atom. The second-order valence-electron chi connectivity index (χ2n) is 4.93. The number of amides is 1. The van der Waals surface area contributed by atoms with Crippen molar-refractivity contribution in [2.75, 3.05) is 18.4 Å². The van der Waals surface area contributed by atoms with Gasteiger partial charge in [0.05, 0.1) is 16.8 Å². The van der Waals surface area contributed by atoms with Crippen LogP contribution in [0, 0.1) is 0 Å². The molecule has 2 rings (SSSR count). The van der Waals surface area contributed by atoms with Gasteiger partial charge < -0.3 is 5.32 Å². The third kappa shape index (κ3) is 4.00. The maximum atomic E-state index is 12.7.